The maximum Gasteiger partial charge on any atom is 0.416 e. The molecule has 0 aromatic heterocycles. The molecule has 0 saturated carbocycles. The third kappa shape index (κ3) is 5.92. The number of carbonyl (C=O) groups excluding carboxylic acids is 1. The fourth-order valence-electron chi connectivity index (χ4n) is 4.77. The van der Waals surface area contributed by atoms with Crippen LogP contribution in [0.5, 0.6) is 0 Å². The first kappa shape index (κ1) is 25.8. The van der Waals surface area contributed by atoms with Gasteiger partial charge in [-0.15, -0.1) is 0 Å². The van der Waals surface area contributed by atoms with E-state index in [2.05, 4.69) is 4.90 Å². The van der Waals surface area contributed by atoms with Gasteiger partial charge in [0.15, 0.2) is 0 Å². The quantitative estimate of drug-likeness (QED) is 0.486. The number of amides is 1. The van der Waals surface area contributed by atoms with Crippen molar-refractivity contribution in [3.8, 4) is 0 Å². The second kappa shape index (κ2) is 9.99. The van der Waals surface area contributed by atoms with E-state index in [1.165, 1.54) is 4.90 Å². The van der Waals surface area contributed by atoms with Crippen molar-refractivity contribution in [3.63, 3.8) is 0 Å². The maximum absolute atomic E-state index is 13.3. The van der Waals surface area contributed by atoms with E-state index in [-0.39, 0.29) is 31.1 Å². The van der Waals surface area contributed by atoms with Crippen molar-refractivity contribution in [3.05, 3.63) is 69.7 Å². The van der Waals surface area contributed by atoms with Crippen LogP contribution in [-0.4, -0.2) is 61.1 Å². The zero-order chi connectivity index (χ0) is 25.4. The monoisotopic (exact) mass is 520 g/mol. The predicted octanol–water partition coefficient (Wildman–Crippen LogP) is 5.71. The van der Waals surface area contributed by atoms with E-state index in [4.69, 9.17) is 16.3 Å². The number of hydrogen-bond donors (Lipinski definition) is 0. The van der Waals surface area contributed by atoms with Crippen LogP contribution in [0.1, 0.15) is 39.4 Å². The second-order valence-corrected chi connectivity index (χ2v) is 9.14. The Morgan fingerprint density at radius 1 is 0.886 bits per heavy atom. The van der Waals surface area contributed by atoms with Crippen LogP contribution < -0.4 is 0 Å². The van der Waals surface area contributed by atoms with Gasteiger partial charge in [-0.3, -0.25) is 9.69 Å². The first-order valence-electron chi connectivity index (χ1n) is 11.1. The third-order valence-corrected chi connectivity index (χ3v) is 6.76. The molecule has 2 aliphatic rings. The van der Waals surface area contributed by atoms with Crippen LogP contribution in [0.2, 0.25) is 5.02 Å². The first-order chi connectivity index (χ1) is 16.4. The summed E-state index contributed by atoms with van der Waals surface area (Å²) in [4.78, 5) is 16.8. The molecule has 2 saturated heterocycles. The van der Waals surface area contributed by atoms with Crippen LogP contribution in [0.25, 0.3) is 0 Å². The van der Waals surface area contributed by atoms with Crippen LogP contribution in [0.15, 0.2) is 42.5 Å². The number of carbonyl (C=O) groups is 1. The van der Waals surface area contributed by atoms with Crippen molar-refractivity contribution in [1.82, 2.24) is 9.80 Å². The Kier molecular flexibility index (Phi) is 7.36. The van der Waals surface area contributed by atoms with Gasteiger partial charge in [-0.2, -0.15) is 26.3 Å². The molecule has 2 aliphatic heterocycles. The van der Waals surface area contributed by atoms with Gasteiger partial charge >= 0.3 is 12.4 Å². The summed E-state index contributed by atoms with van der Waals surface area (Å²) in [6, 6.07) is 8.15. The number of morpholine rings is 1. The van der Waals surface area contributed by atoms with Crippen LogP contribution in [-0.2, 0) is 17.1 Å². The Morgan fingerprint density at radius 2 is 1.46 bits per heavy atom. The summed E-state index contributed by atoms with van der Waals surface area (Å²) in [6.07, 6.45) is -9.53. The number of alkyl halides is 6. The van der Waals surface area contributed by atoms with Crippen LogP contribution >= 0.6 is 11.6 Å². The Hall–Kier alpha value is -2.30. The highest BCUT2D eigenvalue weighted by atomic mass is 35.5. The largest absolute Gasteiger partial charge is 0.416 e. The molecule has 2 atom stereocenters. The highest BCUT2D eigenvalue weighted by molar-refractivity contribution is 6.30. The van der Waals surface area contributed by atoms with E-state index < -0.39 is 35.0 Å². The van der Waals surface area contributed by atoms with Crippen LogP contribution in [0.4, 0.5) is 26.3 Å². The molecule has 0 N–H and O–H groups in total. The fraction of sp³-hybridized carbons (Fsp3) is 0.458. The lowest BCUT2D eigenvalue weighted by Crippen LogP contribution is -2.54. The highest BCUT2D eigenvalue weighted by Gasteiger charge is 2.40. The van der Waals surface area contributed by atoms with Crippen molar-refractivity contribution in [2.45, 2.75) is 30.7 Å². The molecule has 0 unspecified atom stereocenters. The van der Waals surface area contributed by atoms with Crippen LogP contribution in [0, 0.1) is 0 Å². The average Bonchev–Trinajstić information content (AvgIpc) is 2.83. The zero-order valence-corrected chi connectivity index (χ0v) is 19.3. The number of hydrogen-bond acceptors (Lipinski definition) is 3. The molecule has 4 rings (SSSR count). The molecule has 35 heavy (non-hydrogen) atoms. The van der Waals surface area contributed by atoms with Crippen molar-refractivity contribution < 1.29 is 35.9 Å². The lowest BCUT2D eigenvalue weighted by Gasteiger charge is -2.45. The topological polar surface area (TPSA) is 32.8 Å². The summed E-state index contributed by atoms with van der Waals surface area (Å²) in [5.74, 6) is -1.06. The Balaban J connectivity index is 1.65. The Labute approximate surface area is 203 Å². The van der Waals surface area contributed by atoms with E-state index >= 15 is 0 Å². The first-order valence-corrected chi connectivity index (χ1v) is 11.5. The molecule has 0 bridgehead atoms. The average molecular weight is 521 g/mol. The summed E-state index contributed by atoms with van der Waals surface area (Å²) in [5.41, 5.74) is -2.75. The Bertz CT molecular complexity index is 1020. The molecule has 0 spiro atoms. The van der Waals surface area contributed by atoms with Gasteiger partial charge in [0, 0.05) is 48.7 Å². The van der Waals surface area contributed by atoms with E-state index in [0.717, 1.165) is 5.56 Å². The number of benzene rings is 2. The molecule has 11 heteroatoms. The van der Waals surface area contributed by atoms with Crippen LogP contribution in [0.3, 0.4) is 0 Å². The summed E-state index contributed by atoms with van der Waals surface area (Å²) < 4.78 is 85.2. The zero-order valence-electron chi connectivity index (χ0n) is 18.5. The number of nitrogens with zero attached hydrogens (tertiary/aromatic N) is 2. The molecule has 2 fully saturated rings. The molecule has 0 radical (unpaired) electrons. The van der Waals surface area contributed by atoms with Crippen molar-refractivity contribution in [2.75, 3.05) is 39.4 Å². The molecular weight excluding hydrogens is 498 g/mol. The SMILES string of the molecule is O=C(c1cc(C(F)(F)F)cc(C(F)(F)F)c1)N1CC[C@H](N2CCOCC2)[C@H](c2ccc(Cl)cc2)C1. The molecule has 2 aromatic rings. The Morgan fingerprint density at radius 3 is 2.00 bits per heavy atom. The van der Waals surface area contributed by atoms with E-state index in [0.29, 0.717) is 49.9 Å². The number of rotatable bonds is 3. The smallest absolute Gasteiger partial charge is 0.379 e. The molecule has 2 heterocycles. The lowest BCUT2D eigenvalue weighted by molar-refractivity contribution is -0.143. The highest BCUT2D eigenvalue weighted by Crippen LogP contribution is 2.38. The molecule has 2 aromatic carbocycles. The number of piperidine rings is 1. The van der Waals surface area contributed by atoms with Gasteiger partial charge in [-0.05, 0) is 42.3 Å². The van der Waals surface area contributed by atoms with E-state index in [1.54, 1.807) is 12.1 Å². The van der Waals surface area contributed by atoms with Gasteiger partial charge in [0.1, 0.15) is 0 Å². The minimum absolute atomic E-state index is 0.0258. The summed E-state index contributed by atoms with van der Waals surface area (Å²) in [6.45, 7) is 2.90. The molecular formula is C24H23ClF6N2O2. The van der Waals surface area contributed by atoms with E-state index in [9.17, 15) is 31.1 Å². The number of ether oxygens (including phenoxy) is 1. The van der Waals surface area contributed by atoms with Gasteiger partial charge in [0.25, 0.3) is 5.91 Å². The third-order valence-electron chi connectivity index (χ3n) is 6.51. The van der Waals surface area contributed by atoms with Crippen molar-refractivity contribution in [2.24, 2.45) is 0 Å². The van der Waals surface area contributed by atoms with Gasteiger partial charge in [0.05, 0.1) is 24.3 Å². The maximum atomic E-state index is 13.3. The number of halogens is 7. The fourth-order valence-corrected chi connectivity index (χ4v) is 4.89. The standard InChI is InChI=1S/C24H23ClF6N2O2/c25-19-3-1-15(2-4-19)20-14-33(6-5-21(20)32-7-9-35-10-8-32)22(34)16-11-17(23(26,27)28)13-18(12-16)24(29,30)31/h1-4,11-13,20-21H,5-10,14H2/t20-,21-/m0/s1. The minimum Gasteiger partial charge on any atom is -0.379 e. The normalized spacial score (nSPS) is 22.3. The summed E-state index contributed by atoms with van der Waals surface area (Å²) in [7, 11) is 0. The predicted molar refractivity (Wildman–Crippen MR) is 117 cm³/mol. The lowest BCUT2D eigenvalue weighted by atomic mass is 9.84. The van der Waals surface area contributed by atoms with Gasteiger partial charge < -0.3 is 9.64 Å². The molecule has 0 aliphatic carbocycles. The van der Waals surface area contributed by atoms with Gasteiger partial charge in [-0.1, -0.05) is 23.7 Å². The van der Waals surface area contributed by atoms with Gasteiger partial charge in [-0.25, -0.2) is 0 Å². The molecule has 4 nitrogen and oxygen atoms in total. The number of likely N-dealkylation sites (tertiary alicyclic amines) is 1. The summed E-state index contributed by atoms with van der Waals surface area (Å²) >= 11 is 6.02. The molecule has 190 valence electrons. The van der Waals surface area contributed by atoms with Crippen molar-refractivity contribution >= 4 is 17.5 Å². The minimum atomic E-state index is -5.02. The second-order valence-electron chi connectivity index (χ2n) is 8.71. The van der Waals surface area contributed by atoms with E-state index in [1.807, 2.05) is 12.1 Å². The van der Waals surface area contributed by atoms with Gasteiger partial charge in [0.2, 0.25) is 0 Å². The molecule has 1 amide bonds. The van der Waals surface area contributed by atoms with Crippen molar-refractivity contribution in [1.29, 1.82) is 0 Å². The summed E-state index contributed by atoms with van der Waals surface area (Å²) in [5, 5.41) is 0.532.